The third kappa shape index (κ3) is 3.59. The maximum absolute atomic E-state index is 5.14. The van der Waals surface area contributed by atoms with Gasteiger partial charge in [-0.1, -0.05) is 17.1 Å². The van der Waals surface area contributed by atoms with E-state index in [-0.39, 0.29) is 6.10 Å². The van der Waals surface area contributed by atoms with Crippen LogP contribution in [0.25, 0.3) is 11.5 Å². The Kier molecular flexibility index (Phi) is 4.41. The normalized spacial score (nSPS) is 11.6. The molecule has 6 heteroatoms. The fraction of sp³-hybridized carbons (Fsp3) is 0.176. The number of hydrogen-bond donors (Lipinski definition) is 0. The molecule has 0 aliphatic carbocycles. The van der Waals surface area contributed by atoms with Gasteiger partial charge in [-0.3, -0.25) is 4.98 Å². The quantitative estimate of drug-likeness (QED) is 0.693. The smallest absolute Gasteiger partial charge is 0.255 e. The van der Waals surface area contributed by atoms with E-state index in [0.717, 1.165) is 5.56 Å². The van der Waals surface area contributed by atoms with Gasteiger partial charge in [-0.2, -0.15) is 4.98 Å². The van der Waals surface area contributed by atoms with E-state index in [0.29, 0.717) is 23.1 Å². The van der Waals surface area contributed by atoms with Crippen molar-refractivity contribution in [3.8, 4) is 23.4 Å². The summed E-state index contributed by atoms with van der Waals surface area (Å²) in [6.45, 7) is 1.83. The molecule has 0 fully saturated rings. The monoisotopic (exact) mass is 306 g/mol. The minimum atomic E-state index is -0.250. The molecule has 3 rings (SSSR count). The number of ether oxygens (including phenoxy) is 1. The third-order valence-electron chi connectivity index (χ3n) is 3.14. The van der Waals surface area contributed by atoms with E-state index in [4.69, 9.17) is 9.26 Å². The Morgan fingerprint density at radius 3 is 2.74 bits per heavy atom. The Labute approximate surface area is 133 Å². The number of methoxy groups -OCH3 is 1. The lowest BCUT2D eigenvalue weighted by molar-refractivity contribution is 0.0886. The summed E-state index contributed by atoms with van der Waals surface area (Å²) in [4.78, 5) is 12.7. The van der Waals surface area contributed by atoms with Crippen LogP contribution in [0.2, 0.25) is 0 Å². The van der Waals surface area contributed by atoms with E-state index in [9.17, 15) is 0 Å². The zero-order chi connectivity index (χ0) is 16.1. The molecule has 0 radical (unpaired) electrons. The molecule has 6 nitrogen and oxygen atoms in total. The Morgan fingerprint density at radius 2 is 2.04 bits per heavy atom. The van der Waals surface area contributed by atoms with Gasteiger partial charge < -0.3 is 9.26 Å². The Bertz CT molecular complexity index is 832. The van der Waals surface area contributed by atoms with Crippen LogP contribution in [0.5, 0.6) is 0 Å². The summed E-state index contributed by atoms with van der Waals surface area (Å²) < 4.78 is 10.3. The first-order valence-electron chi connectivity index (χ1n) is 7.02. The van der Waals surface area contributed by atoms with Crippen LogP contribution in [0.15, 0.2) is 47.2 Å². The summed E-state index contributed by atoms with van der Waals surface area (Å²) in [5.41, 5.74) is 2.12. The van der Waals surface area contributed by atoms with E-state index >= 15 is 0 Å². The zero-order valence-electron chi connectivity index (χ0n) is 12.7. The van der Waals surface area contributed by atoms with Crippen molar-refractivity contribution in [2.45, 2.75) is 13.0 Å². The number of nitrogens with zero attached hydrogens (tertiary/aromatic N) is 4. The second-order valence-corrected chi connectivity index (χ2v) is 4.73. The van der Waals surface area contributed by atoms with Crippen molar-refractivity contribution in [2.75, 3.05) is 7.11 Å². The van der Waals surface area contributed by atoms with Crippen molar-refractivity contribution in [3.05, 3.63) is 59.9 Å². The van der Waals surface area contributed by atoms with Crippen molar-refractivity contribution in [3.63, 3.8) is 0 Å². The van der Waals surface area contributed by atoms with Crippen molar-refractivity contribution in [1.82, 2.24) is 20.1 Å². The van der Waals surface area contributed by atoms with Crippen molar-refractivity contribution in [1.29, 1.82) is 0 Å². The SMILES string of the molecule is COC(C)c1nc(-c2ccc(C#Cc3ccccn3)cn2)no1. The Hall–Kier alpha value is -3.04. The van der Waals surface area contributed by atoms with Crippen LogP contribution in [-0.2, 0) is 4.74 Å². The second-order valence-electron chi connectivity index (χ2n) is 4.73. The molecular weight excluding hydrogens is 292 g/mol. The van der Waals surface area contributed by atoms with Crippen LogP contribution in [-0.4, -0.2) is 27.2 Å². The molecule has 0 bridgehead atoms. The van der Waals surface area contributed by atoms with Crippen LogP contribution in [0.3, 0.4) is 0 Å². The molecule has 1 atom stereocenters. The predicted octanol–water partition coefficient (Wildman–Crippen LogP) is 2.63. The van der Waals surface area contributed by atoms with Crippen molar-refractivity contribution < 1.29 is 9.26 Å². The van der Waals surface area contributed by atoms with Crippen molar-refractivity contribution >= 4 is 0 Å². The predicted molar refractivity (Wildman–Crippen MR) is 83.2 cm³/mol. The van der Waals surface area contributed by atoms with Crippen LogP contribution in [0.4, 0.5) is 0 Å². The average Bonchev–Trinajstić information content (AvgIpc) is 3.11. The Balaban J connectivity index is 1.77. The van der Waals surface area contributed by atoms with Crippen LogP contribution >= 0.6 is 0 Å². The summed E-state index contributed by atoms with van der Waals surface area (Å²) >= 11 is 0. The number of rotatable bonds is 3. The molecule has 0 aliphatic rings. The minimum Gasteiger partial charge on any atom is -0.372 e. The second kappa shape index (κ2) is 6.81. The summed E-state index contributed by atoms with van der Waals surface area (Å²) in [7, 11) is 1.59. The standard InChI is InChI=1S/C17H14N4O2/c1-12(22-2)17-20-16(21-23-17)15-9-7-13(11-19-15)6-8-14-5-3-4-10-18-14/h3-5,7,9-12H,1-2H3. The highest BCUT2D eigenvalue weighted by Gasteiger charge is 2.14. The summed E-state index contributed by atoms with van der Waals surface area (Å²) in [6, 6.07) is 9.26. The molecule has 23 heavy (non-hydrogen) atoms. The molecule has 3 heterocycles. The molecule has 3 aromatic heterocycles. The molecular formula is C17H14N4O2. The number of hydrogen-bond acceptors (Lipinski definition) is 6. The molecule has 0 saturated heterocycles. The van der Waals surface area contributed by atoms with Gasteiger partial charge in [0.1, 0.15) is 17.5 Å². The molecule has 0 spiro atoms. The lowest BCUT2D eigenvalue weighted by atomic mass is 10.2. The van der Waals surface area contributed by atoms with Crippen LogP contribution in [0.1, 0.15) is 30.2 Å². The number of aromatic nitrogens is 4. The van der Waals surface area contributed by atoms with E-state index in [1.165, 1.54) is 0 Å². The highest BCUT2D eigenvalue weighted by molar-refractivity contribution is 5.50. The maximum Gasteiger partial charge on any atom is 0.255 e. The van der Waals surface area contributed by atoms with Crippen LogP contribution < -0.4 is 0 Å². The topological polar surface area (TPSA) is 73.9 Å². The lowest BCUT2D eigenvalue weighted by Gasteiger charge is -2.00. The van der Waals surface area contributed by atoms with Gasteiger partial charge in [0.2, 0.25) is 5.82 Å². The van der Waals surface area contributed by atoms with E-state index in [1.807, 2.05) is 31.2 Å². The van der Waals surface area contributed by atoms with Gasteiger partial charge >= 0.3 is 0 Å². The largest absolute Gasteiger partial charge is 0.372 e. The third-order valence-corrected chi connectivity index (χ3v) is 3.14. The maximum atomic E-state index is 5.14. The van der Waals surface area contributed by atoms with E-state index in [2.05, 4.69) is 31.9 Å². The molecule has 0 saturated carbocycles. The molecule has 0 amide bonds. The van der Waals surface area contributed by atoms with Crippen molar-refractivity contribution in [2.24, 2.45) is 0 Å². The van der Waals surface area contributed by atoms with E-state index < -0.39 is 0 Å². The van der Waals surface area contributed by atoms with E-state index in [1.54, 1.807) is 25.6 Å². The molecule has 1 unspecified atom stereocenters. The van der Waals surface area contributed by atoms with Gasteiger partial charge in [0.15, 0.2) is 0 Å². The zero-order valence-corrected chi connectivity index (χ0v) is 12.7. The fourth-order valence-corrected chi connectivity index (χ4v) is 1.78. The lowest BCUT2D eigenvalue weighted by Crippen LogP contribution is -1.95. The highest BCUT2D eigenvalue weighted by atomic mass is 16.5. The molecule has 114 valence electrons. The first-order valence-corrected chi connectivity index (χ1v) is 7.02. The summed E-state index contributed by atoms with van der Waals surface area (Å²) in [5.74, 6) is 6.84. The van der Waals surface area contributed by atoms with Gasteiger partial charge in [-0.25, -0.2) is 4.98 Å². The number of pyridine rings is 2. The van der Waals surface area contributed by atoms with Crippen LogP contribution in [0, 0.1) is 11.8 Å². The minimum absolute atomic E-state index is 0.250. The fourth-order valence-electron chi connectivity index (χ4n) is 1.78. The highest BCUT2D eigenvalue weighted by Crippen LogP contribution is 2.18. The summed E-state index contributed by atoms with van der Waals surface area (Å²) in [6.07, 6.45) is 3.13. The molecule has 3 aromatic rings. The van der Waals surface area contributed by atoms with Gasteiger partial charge in [0.25, 0.3) is 5.89 Å². The van der Waals surface area contributed by atoms with Gasteiger partial charge in [-0.05, 0) is 37.1 Å². The molecule has 0 aliphatic heterocycles. The molecule has 0 aromatic carbocycles. The molecule has 0 N–H and O–H groups in total. The van der Waals surface area contributed by atoms with Gasteiger partial charge in [0.05, 0.1) is 0 Å². The van der Waals surface area contributed by atoms with Gasteiger partial charge in [-0.15, -0.1) is 0 Å². The van der Waals surface area contributed by atoms with Gasteiger partial charge in [0, 0.05) is 25.1 Å². The first-order chi connectivity index (χ1) is 11.3. The summed E-state index contributed by atoms with van der Waals surface area (Å²) in [5, 5.41) is 3.90. The average molecular weight is 306 g/mol. The Morgan fingerprint density at radius 1 is 1.13 bits per heavy atom. The first kappa shape index (κ1) is 14.9.